The Labute approximate surface area is 82.6 Å². The zero-order valence-corrected chi connectivity index (χ0v) is 8.29. The highest BCUT2D eigenvalue weighted by atomic mass is 16.6. The Bertz CT molecular complexity index is 179. The van der Waals surface area contributed by atoms with Crippen LogP contribution in [0.15, 0.2) is 0 Å². The summed E-state index contributed by atoms with van der Waals surface area (Å²) in [5.74, 6) is 0. The van der Waals surface area contributed by atoms with Crippen LogP contribution in [-0.2, 0) is 14.2 Å². The molecule has 0 aromatic rings. The Kier molecular flexibility index (Phi) is 4.24. The van der Waals surface area contributed by atoms with E-state index in [1.54, 1.807) is 0 Å². The number of hydrogen-bond donors (Lipinski definition) is 3. The van der Waals surface area contributed by atoms with E-state index < -0.39 is 30.6 Å². The largest absolute Gasteiger partial charge is 0.388 e. The Morgan fingerprint density at radius 2 is 2.00 bits per heavy atom. The van der Waals surface area contributed by atoms with E-state index in [-0.39, 0.29) is 6.61 Å². The number of aliphatic hydroxyl groups is 2. The summed E-state index contributed by atoms with van der Waals surface area (Å²) >= 11 is 0. The van der Waals surface area contributed by atoms with Crippen molar-refractivity contribution in [2.75, 3.05) is 20.8 Å². The first-order chi connectivity index (χ1) is 6.61. The molecule has 4 N–H and O–H groups in total. The first-order valence-corrected chi connectivity index (χ1v) is 4.40. The molecule has 0 aromatic carbocycles. The van der Waals surface area contributed by atoms with Gasteiger partial charge in [0, 0.05) is 14.2 Å². The van der Waals surface area contributed by atoms with Crippen LogP contribution in [0, 0.1) is 0 Å². The molecular weight excluding hydrogens is 190 g/mol. The first kappa shape index (κ1) is 11.8. The van der Waals surface area contributed by atoms with Crippen molar-refractivity contribution in [3.05, 3.63) is 0 Å². The monoisotopic (exact) mass is 207 g/mol. The summed E-state index contributed by atoms with van der Waals surface area (Å²) in [6.45, 7) is 0.185. The molecule has 0 amide bonds. The molecule has 0 spiro atoms. The second-order valence-corrected chi connectivity index (χ2v) is 3.29. The predicted octanol–water partition coefficient (Wildman–Crippen LogP) is -1.95. The van der Waals surface area contributed by atoms with Gasteiger partial charge in [0.2, 0.25) is 0 Å². The molecule has 6 heteroatoms. The summed E-state index contributed by atoms with van der Waals surface area (Å²) in [5, 5.41) is 19.1. The normalized spacial score (nSPS) is 43.9. The zero-order valence-electron chi connectivity index (χ0n) is 8.29. The maximum absolute atomic E-state index is 9.73. The number of methoxy groups -OCH3 is 2. The van der Waals surface area contributed by atoms with Crippen molar-refractivity contribution < 1.29 is 24.4 Å². The predicted molar refractivity (Wildman–Crippen MR) is 47.5 cm³/mol. The molecule has 0 saturated carbocycles. The van der Waals surface area contributed by atoms with Crippen LogP contribution in [0.3, 0.4) is 0 Å². The lowest BCUT2D eigenvalue weighted by Gasteiger charge is -2.40. The number of nitrogens with two attached hydrogens (primary N) is 1. The Morgan fingerprint density at radius 3 is 2.50 bits per heavy atom. The van der Waals surface area contributed by atoms with E-state index in [0.717, 1.165) is 0 Å². The van der Waals surface area contributed by atoms with Crippen LogP contribution in [0.5, 0.6) is 0 Å². The average Bonchev–Trinajstić information content (AvgIpc) is 2.16. The number of aliphatic hydroxyl groups excluding tert-OH is 2. The molecule has 1 rings (SSSR count). The molecule has 5 atom stereocenters. The van der Waals surface area contributed by atoms with Gasteiger partial charge in [0.25, 0.3) is 0 Å². The minimum atomic E-state index is -1.14. The van der Waals surface area contributed by atoms with E-state index in [1.165, 1.54) is 14.2 Å². The zero-order chi connectivity index (χ0) is 10.7. The van der Waals surface area contributed by atoms with Gasteiger partial charge in [-0.05, 0) is 0 Å². The molecular formula is C8H17NO5. The van der Waals surface area contributed by atoms with Crippen LogP contribution in [-0.4, -0.2) is 61.7 Å². The summed E-state index contributed by atoms with van der Waals surface area (Å²) in [5.41, 5.74) is 5.58. The van der Waals surface area contributed by atoms with Gasteiger partial charge in [0.15, 0.2) is 6.29 Å². The van der Waals surface area contributed by atoms with Gasteiger partial charge in [0.05, 0.1) is 12.6 Å². The fourth-order valence-electron chi connectivity index (χ4n) is 1.55. The third kappa shape index (κ3) is 2.22. The molecule has 0 aromatic heterocycles. The lowest BCUT2D eigenvalue weighted by atomic mass is 9.98. The lowest BCUT2D eigenvalue weighted by Crippen LogP contribution is -2.62. The standard InChI is InChI=1S/C8H17NO5/c1-12-3-4-6(10)7(13-2)5(9)8(11)14-4/h4-8,10-11H,3,9H2,1-2H3/t4-,5-,6-,7-,8?/m1/s1. The van der Waals surface area contributed by atoms with Gasteiger partial charge in [0.1, 0.15) is 18.3 Å². The van der Waals surface area contributed by atoms with Crippen molar-refractivity contribution >= 4 is 0 Å². The Morgan fingerprint density at radius 1 is 1.36 bits per heavy atom. The number of rotatable bonds is 3. The summed E-state index contributed by atoms with van der Waals surface area (Å²) < 4.78 is 14.9. The van der Waals surface area contributed by atoms with Crippen molar-refractivity contribution in [1.82, 2.24) is 0 Å². The minimum absolute atomic E-state index is 0.185. The van der Waals surface area contributed by atoms with Crippen LogP contribution in [0.4, 0.5) is 0 Å². The van der Waals surface area contributed by atoms with Crippen molar-refractivity contribution in [3.8, 4) is 0 Å². The molecule has 14 heavy (non-hydrogen) atoms. The van der Waals surface area contributed by atoms with Gasteiger partial charge in [-0.3, -0.25) is 0 Å². The van der Waals surface area contributed by atoms with Crippen molar-refractivity contribution in [2.24, 2.45) is 5.73 Å². The van der Waals surface area contributed by atoms with E-state index in [1.807, 2.05) is 0 Å². The summed E-state index contributed by atoms with van der Waals surface area (Å²) in [4.78, 5) is 0. The van der Waals surface area contributed by atoms with Crippen molar-refractivity contribution in [1.29, 1.82) is 0 Å². The Balaban J connectivity index is 2.65. The molecule has 0 bridgehead atoms. The lowest BCUT2D eigenvalue weighted by molar-refractivity contribution is -0.254. The molecule has 1 saturated heterocycles. The highest BCUT2D eigenvalue weighted by Crippen LogP contribution is 2.20. The first-order valence-electron chi connectivity index (χ1n) is 4.40. The second-order valence-electron chi connectivity index (χ2n) is 3.29. The third-order valence-electron chi connectivity index (χ3n) is 2.34. The topological polar surface area (TPSA) is 94.2 Å². The summed E-state index contributed by atoms with van der Waals surface area (Å²) in [6.07, 6.45) is -3.28. The molecule has 1 fully saturated rings. The SMILES string of the molecule is COC[C@H]1OC(O)[C@H](N)[C@@H](OC)[C@@H]1O. The fraction of sp³-hybridized carbons (Fsp3) is 1.00. The van der Waals surface area contributed by atoms with Crippen LogP contribution in [0.1, 0.15) is 0 Å². The van der Waals surface area contributed by atoms with E-state index in [0.29, 0.717) is 0 Å². The van der Waals surface area contributed by atoms with Gasteiger partial charge in [-0.1, -0.05) is 0 Å². The highest BCUT2D eigenvalue weighted by Gasteiger charge is 2.42. The summed E-state index contributed by atoms with van der Waals surface area (Å²) in [7, 11) is 2.91. The van der Waals surface area contributed by atoms with E-state index in [2.05, 4.69) is 0 Å². The molecule has 1 aliphatic rings. The molecule has 1 unspecified atom stereocenters. The quantitative estimate of drug-likeness (QED) is 0.498. The van der Waals surface area contributed by atoms with E-state index >= 15 is 0 Å². The minimum Gasteiger partial charge on any atom is -0.388 e. The molecule has 1 aliphatic heterocycles. The summed E-state index contributed by atoms with van der Waals surface area (Å²) in [6, 6.07) is -0.747. The fourth-order valence-corrected chi connectivity index (χ4v) is 1.55. The van der Waals surface area contributed by atoms with Crippen LogP contribution < -0.4 is 5.73 Å². The maximum atomic E-state index is 9.73. The van der Waals surface area contributed by atoms with Crippen LogP contribution in [0.25, 0.3) is 0 Å². The molecule has 6 nitrogen and oxygen atoms in total. The van der Waals surface area contributed by atoms with Gasteiger partial charge >= 0.3 is 0 Å². The van der Waals surface area contributed by atoms with Gasteiger partial charge in [-0.25, -0.2) is 0 Å². The van der Waals surface area contributed by atoms with E-state index in [9.17, 15) is 10.2 Å². The third-order valence-corrected chi connectivity index (χ3v) is 2.34. The average molecular weight is 207 g/mol. The molecule has 0 radical (unpaired) electrons. The van der Waals surface area contributed by atoms with Crippen molar-refractivity contribution in [3.63, 3.8) is 0 Å². The molecule has 1 heterocycles. The van der Waals surface area contributed by atoms with Gasteiger partial charge < -0.3 is 30.2 Å². The number of ether oxygens (including phenoxy) is 3. The molecule has 84 valence electrons. The smallest absolute Gasteiger partial charge is 0.173 e. The maximum Gasteiger partial charge on any atom is 0.173 e. The van der Waals surface area contributed by atoms with Gasteiger partial charge in [-0.15, -0.1) is 0 Å². The van der Waals surface area contributed by atoms with Crippen LogP contribution in [0.2, 0.25) is 0 Å². The Hall–Kier alpha value is -0.240. The van der Waals surface area contributed by atoms with E-state index in [4.69, 9.17) is 19.9 Å². The highest BCUT2D eigenvalue weighted by molar-refractivity contribution is 4.91. The van der Waals surface area contributed by atoms with Crippen molar-refractivity contribution in [2.45, 2.75) is 30.6 Å². The number of hydrogen-bond acceptors (Lipinski definition) is 6. The molecule has 0 aliphatic carbocycles. The van der Waals surface area contributed by atoms with Gasteiger partial charge in [-0.2, -0.15) is 0 Å². The van der Waals surface area contributed by atoms with Crippen LogP contribution >= 0.6 is 0 Å². The second kappa shape index (κ2) is 5.01.